The fourth-order valence-corrected chi connectivity index (χ4v) is 8.62. The number of hydrogen-bond acceptors (Lipinski definition) is 8. The number of likely N-dealkylation sites (tertiary alicyclic amines) is 1. The Morgan fingerprint density at radius 1 is 0.891 bits per heavy atom. The highest BCUT2D eigenvalue weighted by Crippen LogP contribution is 2.45. The highest BCUT2D eigenvalue weighted by atomic mass is 16.7. The van der Waals surface area contributed by atoms with E-state index in [0.29, 0.717) is 18.5 Å². The molecule has 8 atom stereocenters. The van der Waals surface area contributed by atoms with Crippen molar-refractivity contribution in [3.05, 3.63) is 95.1 Å². The molecule has 0 bridgehead atoms. The molecular formula is C45H59N3O7. The minimum Gasteiger partial charge on any atom is -0.453 e. The first-order valence-electron chi connectivity index (χ1n) is 20.0. The van der Waals surface area contributed by atoms with Crippen molar-refractivity contribution in [2.24, 2.45) is 11.8 Å². The van der Waals surface area contributed by atoms with Gasteiger partial charge in [0.05, 0.1) is 24.9 Å². The lowest BCUT2D eigenvalue weighted by molar-refractivity contribution is -0.278. The number of rotatable bonds is 11. The van der Waals surface area contributed by atoms with E-state index >= 15 is 0 Å². The van der Waals surface area contributed by atoms with Gasteiger partial charge in [-0.15, -0.1) is 0 Å². The van der Waals surface area contributed by atoms with Crippen LogP contribution in [0.3, 0.4) is 0 Å². The summed E-state index contributed by atoms with van der Waals surface area (Å²) in [5.41, 5.74) is 5.28. The second-order valence-corrected chi connectivity index (χ2v) is 16.8. The van der Waals surface area contributed by atoms with Crippen LogP contribution in [0.1, 0.15) is 115 Å². The van der Waals surface area contributed by atoms with Crippen LogP contribution in [0.2, 0.25) is 0 Å². The van der Waals surface area contributed by atoms with Crippen LogP contribution in [0, 0.1) is 11.8 Å². The number of carbonyl (C=O) groups excluding carboxylic acids is 3. The minimum absolute atomic E-state index is 0.0230. The summed E-state index contributed by atoms with van der Waals surface area (Å²) in [4.78, 5) is 40.2. The van der Waals surface area contributed by atoms with Crippen LogP contribution in [0.4, 0.5) is 0 Å². The van der Waals surface area contributed by atoms with Crippen molar-refractivity contribution in [3.8, 4) is 11.1 Å². The topological polar surface area (TPSA) is 126 Å². The summed E-state index contributed by atoms with van der Waals surface area (Å²) in [6, 6.07) is 24.3. The Bertz CT molecular complexity index is 1790. The fraction of sp³-hybridized carbons (Fsp3) is 0.533. The molecule has 0 aromatic heterocycles. The summed E-state index contributed by atoms with van der Waals surface area (Å²) >= 11 is 0. The van der Waals surface area contributed by atoms with Gasteiger partial charge in [0.2, 0.25) is 5.91 Å². The Morgan fingerprint density at radius 3 is 2.31 bits per heavy atom. The molecule has 3 aromatic carbocycles. The number of piperidine rings is 1. The molecule has 3 N–H and O–H groups in total. The number of hydrogen-bond donors (Lipinski definition) is 3. The van der Waals surface area contributed by atoms with Crippen molar-refractivity contribution in [2.75, 3.05) is 6.54 Å². The number of nitrogens with zero attached hydrogens (tertiary/aromatic N) is 1. The molecule has 10 heteroatoms. The highest BCUT2D eigenvalue weighted by Gasteiger charge is 2.46. The third-order valence-electron chi connectivity index (χ3n) is 11.4. The standard InChI is InChI=1S/C45H59N3O7/c1-28-40(26-48-38-16-8-7-12-33(38)21-22-39(48)43(52)47-45(4,5)6)54-44(55-41(28)34-19-17-31(27-49)18-20-34)37-15-10-14-36(24-37)35-13-9-11-32(23-35)25-46-42(51)29(2)53-30(3)50/h9-11,13-15,17-20,23-24,28-29,33,38-41,44,49H,7-8,12,16,21-22,25-27H2,1-6H3,(H,46,51)(H,47,52). The zero-order valence-electron chi connectivity index (χ0n) is 33.3. The molecule has 3 aliphatic rings. The van der Waals surface area contributed by atoms with E-state index in [9.17, 15) is 19.5 Å². The number of nitrogens with one attached hydrogen (secondary N) is 2. The van der Waals surface area contributed by atoms with Crippen molar-refractivity contribution < 1.29 is 33.7 Å². The molecule has 55 heavy (non-hydrogen) atoms. The van der Waals surface area contributed by atoms with Crippen LogP contribution in [0.15, 0.2) is 72.8 Å². The zero-order chi connectivity index (χ0) is 39.3. The van der Waals surface area contributed by atoms with Crippen LogP contribution in [-0.2, 0) is 41.7 Å². The first-order chi connectivity index (χ1) is 26.3. The first kappa shape index (κ1) is 40.6. The van der Waals surface area contributed by atoms with E-state index in [1.807, 2.05) is 87.5 Å². The molecule has 2 heterocycles. The average molecular weight is 754 g/mol. The number of esters is 1. The Kier molecular flexibility index (Phi) is 13.1. The van der Waals surface area contributed by atoms with Crippen LogP contribution in [0.25, 0.3) is 11.1 Å². The van der Waals surface area contributed by atoms with Gasteiger partial charge in [-0.05, 0) is 99.2 Å². The molecule has 296 valence electrons. The number of amides is 2. The monoisotopic (exact) mass is 753 g/mol. The average Bonchev–Trinajstić information content (AvgIpc) is 3.17. The number of benzene rings is 3. The van der Waals surface area contributed by atoms with Gasteiger partial charge >= 0.3 is 5.97 Å². The maximum atomic E-state index is 13.9. The largest absolute Gasteiger partial charge is 0.453 e. The molecule has 1 saturated carbocycles. The number of aliphatic hydroxyl groups is 1. The summed E-state index contributed by atoms with van der Waals surface area (Å²) < 4.78 is 18.9. The lowest BCUT2D eigenvalue weighted by Gasteiger charge is -2.51. The number of aliphatic hydroxyl groups excluding tert-OH is 1. The summed E-state index contributed by atoms with van der Waals surface area (Å²) in [7, 11) is 0. The first-order valence-corrected chi connectivity index (χ1v) is 20.0. The van der Waals surface area contributed by atoms with E-state index in [-0.39, 0.29) is 54.7 Å². The third-order valence-corrected chi connectivity index (χ3v) is 11.4. The van der Waals surface area contributed by atoms with Crippen LogP contribution >= 0.6 is 0 Å². The predicted octanol–water partition coefficient (Wildman–Crippen LogP) is 7.14. The van der Waals surface area contributed by atoms with Gasteiger partial charge in [0.15, 0.2) is 12.4 Å². The van der Waals surface area contributed by atoms with Gasteiger partial charge in [0, 0.05) is 43.1 Å². The van der Waals surface area contributed by atoms with E-state index in [1.54, 1.807) is 6.92 Å². The van der Waals surface area contributed by atoms with E-state index in [4.69, 9.17) is 14.2 Å². The molecule has 3 fully saturated rings. The van der Waals surface area contributed by atoms with Crippen LogP contribution in [-0.4, -0.2) is 64.2 Å². The predicted molar refractivity (Wildman–Crippen MR) is 211 cm³/mol. The van der Waals surface area contributed by atoms with Gasteiger partial charge < -0.3 is 30.0 Å². The highest BCUT2D eigenvalue weighted by molar-refractivity contribution is 5.83. The van der Waals surface area contributed by atoms with Crippen molar-refractivity contribution in [3.63, 3.8) is 0 Å². The van der Waals surface area contributed by atoms with E-state index in [2.05, 4.69) is 28.5 Å². The van der Waals surface area contributed by atoms with Crippen LogP contribution in [0.5, 0.6) is 0 Å². The molecule has 3 aromatic rings. The van der Waals surface area contributed by atoms with Crippen molar-refractivity contribution >= 4 is 17.8 Å². The molecule has 0 radical (unpaired) electrons. The Balaban J connectivity index is 1.28. The molecule has 0 spiro atoms. The summed E-state index contributed by atoms with van der Waals surface area (Å²) in [6.07, 6.45) is 4.58. The molecule has 2 amide bonds. The summed E-state index contributed by atoms with van der Waals surface area (Å²) in [5.74, 6) is -0.205. The molecule has 2 saturated heterocycles. The Hall–Kier alpha value is -4.09. The second kappa shape index (κ2) is 17.8. The quantitative estimate of drug-likeness (QED) is 0.177. The lowest BCUT2D eigenvalue weighted by atomic mass is 9.75. The van der Waals surface area contributed by atoms with Crippen molar-refractivity contribution in [1.29, 1.82) is 0 Å². The van der Waals surface area contributed by atoms with E-state index < -0.39 is 18.4 Å². The van der Waals surface area contributed by atoms with Crippen molar-refractivity contribution in [2.45, 2.75) is 135 Å². The lowest BCUT2D eigenvalue weighted by Crippen LogP contribution is -2.61. The van der Waals surface area contributed by atoms with Crippen molar-refractivity contribution in [1.82, 2.24) is 15.5 Å². The maximum Gasteiger partial charge on any atom is 0.303 e. The Labute approximate surface area is 326 Å². The summed E-state index contributed by atoms with van der Waals surface area (Å²) in [6.45, 7) is 12.0. The van der Waals surface area contributed by atoms with E-state index in [1.165, 1.54) is 26.2 Å². The normalized spacial score (nSPS) is 26.3. The molecule has 6 rings (SSSR count). The van der Waals surface area contributed by atoms with Gasteiger partial charge in [0.25, 0.3) is 5.91 Å². The smallest absolute Gasteiger partial charge is 0.303 e. The van der Waals surface area contributed by atoms with E-state index in [0.717, 1.165) is 52.6 Å². The molecule has 1 aliphatic carbocycles. The number of fused-ring (bicyclic) bond motifs is 1. The zero-order valence-corrected chi connectivity index (χ0v) is 33.3. The van der Waals surface area contributed by atoms with Gasteiger partial charge in [-0.25, -0.2) is 0 Å². The van der Waals surface area contributed by atoms with Gasteiger partial charge in [-0.1, -0.05) is 80.4 Å². The van der Waals surface area contributed by atoms with Gasteiger partial charge in [-0.3, -0.25) is 19.3 Å². The molecular weight excluding hydrogens is 695 g/mol. The van der Waals surface area contributed by atoms with Crippen LogP contribution < -0.4 is 10.6 Å². The third kappa shape index (κ3) is 10.2. The SMILES string of the molecule is CC(=O)OC(C)C(=O)NCc1cccc(-c2cccc(C3OC(CN4C(C(=O)NC(C)(C)C)CCC5CCCCC54)C(C)C(c4ccc(CO)cc4)O3)c2)c1. The second-order valence-electron chi connectivity index (χ2n) is 16.8. The number of carbonyl (C=O) groups is 3. The molecule has 8 unspecified atom stereocenters. The molecule has 2 aliphatic heterocycles. The summed E-state index contributed by atoms with van der Waals surface area (Å²) in [5, 5.41) is 15.9. The fourth-order valence-electron chi connectivity index (χ4n) is 8.62. The maximum absolute atomic E-state index is 13.9. The van der Waals surface area contributed by atoms with Gasteiger partial charge in [0.1, 0.15) is 0 Å². The van der Waals surface area contributed by atoms with Gasteiger partial charge in [-0.2, -0.15) is 0 Å². The minimum atomic E-state index is -0.874. The Morgan fingerprint density at radius 2 is 1.60 bits per heavy atom. The molecule has 10 nitrogen and oxygen atoms in total. The number of ether oxygens (including phenoxy) is 3.